The molecule has 0 saturated carbocycles. The summed E-state index contributed by atoms with van der Waals surface area (Å²) < 4.78 is 107. The predicted molar refractivity (Wildman–Crippen MR) is 182 cm³/mol. The van der Waals surface area contributed by atoms with Gasteiger partial charge in [-0.25, -0.2) is 21.6 Å². The van der Waals surface area contributed by atoms with Crippen LogP contribution >= 0.6 is 0 Å². The first-order valence-electron chi connectivity index (χ1n) is 13.8. The van der Waals surface area contributed by atoms with Crippen LogP contribution in [0.2, 0.25) is 0 Å². The topological polar surface area (TPSA) is 269 Å². The van der Waals surface area contributed by atoms with Crippen molar-refractivity contribution in [2.75, 3.05) is 17.7 Å². The zero-order chi connectivity index (χ0) is 36.3. The summed E-state index contributed by atoms with van der Waals surface area (Å²) in [5.41, 5.74) is 1.60. The third kappa shape index (κ3) is 10.3. The number of hydrogen-bond acceptors (Lipinski definition) is 14. The van der Waals surface area contributed by atoms with E-state index in [0.29, 0.717) is 23.1 Å². The van der Waals surface area contributed by atoms with Gasteiger partial charge in [0.1, 0.15) is 26.0 Å². The fraction of sp³-hybridized carbons (Fsp3) is 0.0333. The van der Waals surface area contributed by atoms with Crippen molar-refractivity contribution in [2.45, 2.75) is 14.7 Å². The standard InChI is InChI=1S/C30H24N6O11S3.Ca/c1-47-28-16-23(36-34-21-3-2-4-24(14-21)48(38,39)40)11-12-27(28)32-30(37)31-19-7-9-20(10-8-19)33-35-22-6-5-18-13-25(49(41,42)43)17-29(26(18)15-22)50(44,45)46;/h2-17H,1H3,(H2,31,32,37)(H,38,39,40)(H,41,42,43)(H,44,45,46);/q;+2/p-2. The zero-order valence-electron chi connectivity index (χ0n) is 26.0. The van der Waals surface area contributed by atoms with Gasteiger partial charge < -0.3 is 24.5 Å². The molecule has 0 atom stereocenters. The summed E-state index contributed by atoms with van der Waals surface area (Å²) in [6.45, 7) is 0. The first-order valence-corrected chi connectivity index (χ1v) is 18.0. The molecule has 51 heavy (non-hydrogen) atoms. The smallest absolute Gasteiger partial charge is 0.744 e. The maximum absolute atomic E-state index is 12.7. The minimum absolute atomic E-state index is 0. The molecule has 5 aromatic rings. The Bertz CT molecular complexity index is 2530. The van der Waals surface area contributed by atoms with Crippen molar-refractivity contribution in [3.05, 3.63) is 97.1 Å². The van der Waals surface area contributed by atoms with E-state index in [1.165, 1.54) is 86.0 Å². The predicted octanol–water partition coefficient (Wildman–Crippen LogP) is 6.00. The molecular formula is C30H22CaN6O11S3. The van der Waals surface area contributed by atoms with Gasteiger partial charge in [-0.15, -0.1) is 0 Å². The van der Waals surface area contributed by atoms with E-state index in [9.17, 15) is 43.7 Å². The van der Waals surface area contributed by atoms with Crippen LogP contribution in [-0.2, 0) is 30.4 Å². The number of rotatable bonds is 10. The Kier molecular flexibility index (Phi) is 12.3. The number of anilines is 2. The van der Waals surface area contributed by atoms with Gasteiger partial charge in [0.15, 0.2) is 0 Å². The second-order valence-electron chi connectivity index (χ2n) is 10.1. The van der Waals surface area contributed by atoms with E-state index in [4.69, 9.17) is 4.74 Å². The summed E-state index contributed by atoms with van der Waals surface area (Å²) in [6, 6.07) is 20.6. The molecule has 0 spiro atoms. The molecule has 258 valence electrons. The monoisotopic (exact) mass is 778 g/mol. The Labute approximate surface area is 320 Å². The first kappa shape index (κ1) is 39.4. The number of azo groups is 2. The zero-order valence-corrected chi connectivity index (χ0v) is 30.6. The largest absolute Gasteiger partial charge is 2.00 e. The van der Waals surface area contributed by atoms with Gasteiger partial charge in [0.05, 0.1) is 50.2 Å². The van der Waals surface area contributed by atoms with E-state index < -0.39 is 46.2 Å². The molecule has 0 radical (unpaired) electrons. The molecule has 0 unspecified atom stereocenters. The number of benzene rings is 5. The number of amides is 2. The number of nitrogens with zero attached hydrogens (tertiary/aromatic N) is 4. The summed E-state index contributed by atoms with van der Waals surface area (Å²) in [5, 5.41) is 21.2. The molecule has 5 aromatic carbocycles. The number of ether oxygens (including phenoxy) is 1. The van der Waals surface area contributed by atoms with Gasteiger partial charge >= 0.3 is 43.8 Å². The van der Waals surface area contributed by atoms with E-state index in [1.807, 2.05) is 0 Å². The Morgan fingerprint density at radius 1 is 0.667 bits per heavy atom. The van der Waals surface area contributed by atoms with Crippen molar-refractivity contribution in [3.63, 3.8) is 0 Å². The van der Waals surface area contributed by atoms with Crippen LogP contribution in [0.25, 0.3) is 10.8 Å². The SMILES string of the molecule is COc1cc(N=Nc2cccc(S(=O)(=O)O)c2)ccc1NC(=O)Nc1ccc(N=Nc2ccc3cc(S(=O)(=O)[O-])cc(S(=O)(=O)[O-])c3c2)cc1.[Ca+2]. The van der Waals surface area contributed by atoms with Crippen molar-refractivity contribution in [3.8, 4) is 5.75 Å². The van der Waals surface area contributed by atoms with Crippen LogP contribution in [0, 0.1) is 0 Å². The van der Waals surface area contributed by atoms with E-state index in [0.717, 1.165) is 12.1 Å². The molecule has 17 nitrogen and oxygen atoms in total. The Hall–Kier alpha value is -4.38. The van der Waals surface area contributed by atoms with Crippen LogP contribution < -0.4 is 15.4 Å². The molecule has 0 aromatic heterocycles. The van der Waals surface area contributed by atoms with Crippen LogP contribution in [0.15, 0.2) is 132 Å². The Balaban J connectivity index is 0.00000583. The number of fused-ring (bicyclic) bond motifs is 1. The molecule has 2 amide bonds. The maximum Gasteiger partial charge on any atom is 2.00 e. The molecule has 3 N–H and O–H groups in total. The van der Waals surface area contributed by atoms with E-state index in [2.05, 4.69) is 31.1 Å². The second-order valence-corrected chi connectivity index (χ2v) is 14.3. The van der Waals surface area contributed by atoms with Crippen molar-refractivity contribution < 1.29 is 48.4 Å². The van der Waals surface area contributed by atoms with E-state index in [1.54, 1.807) is 0 Å². The van der Waals surface area contributed by atoms with E-state index in [-0.39, 0.29) is 76.2 Å². The third-order valence-corrected chi connectivity index (χ3v) is 9.21. The van der Waals surface area contributed by atoms with Crippen LogP contribution in [0.1, 0.15) is 0 Å². The fourth-order valence-electron chi connectivity index (χ4n) is 4.38. The molecule has 0 saturated heterocycles. The van der Waals surface area contributed by atoms with Crippen molar-refractivity contribution in [1.29, 1.82) is 0 Å². The summed E-state index contributed by atoms with van der Waals surface area (Å²) >= 11 is 0. The fourth-order valence-corrected chi connectivity index (χ4v) is 6.22. The number of carbonyl (C=O) groups is 1. The summed E-state index contributed by atoms with van der Waals surface area (Å²) in [5.74, 6) is 0.239. The second kappa shape index (κ2) is 15.9. The van der Waals surface area contributed by atoms with Gasteiger partial charge in [0.2, 0.25) is 0 Å². The van der Waals surface area contributed by atoms with Crippen LogP contribution in [0.4, 0.5) is 38.9 Å². The van der Waals surface area contributed by atoms with Crippen LogP contribution in [0.5, 0.6) is 5.75 Å². The Morgan fingerprint density at radius 3 is 1.86 bits per heavy atom. The van der Waals surface area contributed by atoms with Gasteiger partial charge in [-0.1, -0.05) is 12.1 Å². The number of urea groups is 1. The van der Waals surface area contributed by atoms with Crippen LogP contribution in [0.3, 0.4) is 0 Å². The molecule has 0 aliphatic carbocycles. The van der Waals surface area contributed by atoms with Gasteiger partial charge in [-0.2, -0.15) is 28.9 Å². The Morgan fingerprint density at radius 2 is 1.25 bits per heavy atom. The van der Waals surface area contributed by atoms with Gasteiger partial charge in [0, 0.05) is 17.1 Å². The molecule has 0 bridgehead atoms. The van der Waals surface area contributed by atoms with Crippen molar-refractivity contribution >= 4 is 119 Å². The number of nitrogens with one attached hydrogen (secondary N) is 2. The summed E-state index contributed by atoms with van der Waals surface area (Å²) in [7, 11) is -13.2. The van der Waals surface area contributed by atoms with Gasteiger partial charge in [-0.05, 0) is 84.2 Å². The van der Waals surface area contributed by atoms with Crippen LogP contribution in [-0.4, -0.2) is 89.8 Å². The number of hydrogen-bond donors (Lipinski definition) is 3. The molecule has 21 heteroatoms. The normalized spacial score (nSPS) is 12.2. The molecule has 0 aliphatic rings. The molecule has 0 fully saturated rings. The van der Waals surface area contributed by atoms with E-state index >= 15 is 0 Å². The average molecular weight is 779 g/mol. The molecule has 5 rings (SSSR count). The van der Waals surface area contributed by atoms with Crippen molar-refractivity contribution in [1.82, 2.24) is 0 Å². The summed E-state index contributed by atoms with van der Waals surface area (Å²) in [4.78, 5) is 10.6. The van der Waals surface area contributed by atoms with Crippen molar-refractivity contribution in [2.24, 2.45) is 20.5 Å². The van der Waals surface area contributed by atoms with Gasteiger partial charge in [0.25, 0.3) is 10.1 Å². The molecule has 0 aliphatic heterocycles. The molecule has 0 heterocycles. The number of methoxy groups -OCH3 is 1. The number of carbonyl (C=O) groups excluding carboxylic acids is 1. The third-order valence-electron chi connectivity index (χ3n) is 6.67. The van der Waals surface area contributed by atoms with Gasteiger partial charge in [-0.3, -0.25) is 4.55 Å². The minimum atomic E-state index is -5.16. The maximum atomic E-state index is 12.7. The quantitative estimate of drug-likeness (QED) is 0.0840. The molecular weight excluding hydrogens is 757 g/mol. The average Bonchev–Trinajstić information content (AvgIpc) is 3.05. The summed E-state index contributed by atoms with van der Waals surface area (Å²) in [6.07, 6.45) is 0. The first-order chi connectivity index (χ1) is 23.5. The minimum Gasteiger partial charge on any atom is -0.744 e.